The Morgan fingerprint density at radius 2 is 1.90 bits per heavy atom. The van der Waals surface area contributed by atoms with Crippen LogP contribution >= 0.6 is 28.3 Å². The summed E-state index contributed by atoms with van der Waals surface area (Å²) in [6, 6.07) is 12.1. The number of Topliss-reactive ketones (excluding diaryl/α,β-unsaturated/α-hetero) is 1. The molecule has 0 saturated carbocycles. The summed E-state index contributed by atoms with van der Waals surface area (Å²) < 4.78 is 1.07. The van der Waals surface area contributed by atoms with Crippen LogP contribution in [0.3, 0.4) is 0 Å². The Bertz CT molecular complexity index is 623. The fraction of sp³-hybridized carbons (Fsp3) is 0.312. The smallest absolute Gasteiger partial charge is 0.167 e. The van der Waals surface area contributed by atoms with Crippen LogP contribution in [0.5, 0.6) is 0 Å². The lowest BCUT2D eigenvalue weighted by molar-refractivity contribution is 0.0900. The van der Waals surface area contributed by atoms with Crippen LogP contribution in [-0.2, 0) is 0 Å². The predicted octanol–water partition coefficient (Wildman–Crippen LogP) is 4.21. The molecule has 4 heteroatoms. The molecule has 0 spiro atoms. The number of nitrogens with one attached hydrogen (secondary N) is 1. The van der Waals surface area contributed by atoms with Crippen LogP contribution in [-0.4, -0.2) is 18.9 Å². The van der Waals surface area contributed by atoms with E-state index < -0.39 is 0 Å². The molecule has 1 aliphatic rings. The Morgan fingerprint density at radius 1 is 1.15 bits per heavy atom. The molecule has 0 bridgehead atoms. The van der Waals surface area contributed by atoms with E-state index in [1.54, 1.807) is 0 Å². The largest absolute Gasteiger partial charge is 0.316 e. The first-order chi connectivity index (χ1) is 9.24. The van der Waals surface area contributed by atoms with Crippen molar-refractivity contribution in [1.82, 2.24) is 5.32 Å². The molecule has 2 aromatic carbocycles. The lowest BCUT2D eigenvalue weighted by Gasteiger charge is -2.21. The van der Waals surface area contributed by atoms with Gasteiger partial charge in [-0.2, -0.15) is 0 Å². The van der Waals surface area contributed by atoms with Gasteiger partial charge in [-0.1, -0.05) is 34.1 Å². The van der Waals surface area contributed by atoms with Crippen molar-refractivity contribution in [1.29, 1.82) is 0 Å². The first-order valence-corrected chi connectivity index (χ1v) is 7.47. The number of benzene rings is 2. The minimum atomic E-state index is 0. The molecule has 1 fully saturated rings. The Labute approximate surface area is 133 Å². The highest BCUT2D eigenvalue weighted by molar-refractivity contribution is 9.10. The van der Waals surface area contributed by atoms with Gasteiger partial charge in [0.05, 0.1) is 0 Å². The number of hydrogen-bond donors (Lipinski definition) is 1. The monoisotopic (exact) mass is 353 g/mol. The number of piperidine rings is 1. The number of carbonyl (C=O) groups is 1. The van der Waals surface area contributed by atoms with Gasteiger partial charge in [0.15, 0.2) is 5.78 Å². The molecular formula is C16H17BrClNO. The molecule has 0 aromatic heterocycles. The zero-order valence-electron chi connectivity index (χ0n) is 11.1. The summed E-state index contributed by atoms with van der Waals surface area (Å²) in [5.74, 6) is 0.415. The fourth-order valence-corrected chi connectivity index (χ4v) is 3.06. The van der Waals surface area contributed by atoms with Crippen LogP contribution in [0.4, 0.5) is 0 Å². The second-order valence-corrected chi connectivity index (χ2v) is 6.03. The number of ketones is 1. The number of hydrogen-bond acceptors (Lipinski definition) is 2. The minimum Gasteiger partial charge on any atom is -0.316 e. The molecular weight excluding hydrogens is 338 g/mol. The number of rotatable bonds is 2. The molecule has 2 aromatic rings. The van der Waals surface area contributed by atoms with Gasteiger partial charge in [0.2, 0.25) is 0 Å². The maximum Gasteiger partial charge on any atom is 0.167 e. The molecule has 20 heavy (non-hydrogen) atoms. The summed E-state index contributed by atoms with van der Waals surface area (Å²) in [5, 5.41) is 5.59. The molecule has 0 radical (unpaired) electrons. The minimum absolute atomic E-state index is 0. The van der Waals surface area contributed by atoms with Gasteiger partial charge in [-0.25, -0.2) is 0 Å². The summed E-state index contributed by atoms with van der Waals surface area (Å²) >= 11 is 3.47. The van der Waals surface area contributed by atoms with Gasteiger partial charge in [0.1, 0.15) is 0 Å². The highest BCUT2D eigenvalue weighted by Crippen LogP contribution is 2.23. The van der Waals surface area contributed by atoms with Crippen molar-refractivity contribution in [3.63, 3.8) is 0 Å². The Kier molecular flexibility index (Phi) is 5.19. The van der Waals surface area contributed by atoms with Gasteiger partial charge >= 0.3 is 0 Å². The van der Waals surface area contributed by atoms with E-state index in [4.69, 9.17) is 0 Å². The van der Waals surface area contributed by atoms with E-state index in [0.717, 1.165) is 46.7 Å². The van der Waals surface area contributed by atoms with Crippen LogP contribution in [0.2, 0.25) is 0 Å². The third kappa shape index (κ3) is 3.22. The average molecular weight is 355 g/mol. The maximum absolute atomic E-state index is 12.5. The molecule has 1 unspecified atom stereocenters. The van der Waals surface area contributed by atoms with Gasteiger partial charge in [-0.3, -0.25) is 4.79 Å². The number of fused-ring (bicyclic) bond motifs is 1. The zero-order chi connectivity index (χ0) is 13.2. The Balaban J connectivity index is 0.00000147. The standard InChI is InChI=1S/C16H16BrNO.ClH/c17-15-6-5-11-8-13(4-3-12(11)9-15)16(19)14-2-1-7-18-10-14;/h3-6,8-9,14,18H,1-2,7,10H2;1H. The van der Waals surface area contributed by atoms with Gasteiger partial charge in [0.25, 0.3) is 0 Å². The van der Waals surface area contributed by atoms with Crippen molar-refractivity contribution < 1.29 is 4.79 Å². The molecule has 1 aliphatic heterocycles. The molecule has 1 saturated heterocycles. The third-order valence-corrected chi connectivity index (χ3v) is 4.25. The average Bonchev–Trinajstić information content (AvgIpc) is 2.47. The van der Waals surface area contributed by atoms with E-state index in [0.29, 0.717) is 0 Å². The second-order valence-electron chi connectivity index (χ2n) is 5.11. The van der Waals surface area contributed by atoms with Crippen molar-refractivity contribution in [2.75, 3.05) is 13.1 Å². The summed E-state index contributed by atoms with van der Waals surface area (Å²) in [5.41, 5.74) is 0.837. The molecule has 0 aliphatic carbocycles. The maximum atomic E-state index is 12.5. The van der Waals surface area contributed by atoms with Crippen LogP contribution in [0, 0.1) is 5.92 Å². The molecule has 0 amide bonds. The first-order valence-electron chi connectivity index (χ1n) is 6.68. The van der Waals surface area contributed by atoms with E-state index in [1.807, 2.05) is 24.3 Å². The van der Waals surface area contributed by atoms with Gasteiger partial charge in [-0.15, -0.1) is 12.4 Å². The molecule has 1 atom stereocenters. The molecule has 3 rings (SSSR count). The molecule has 1 N–H and O–H groups in total. The van der Waals surface area contributed by atoms with Crippen molar-refractivity contribution in [3.8, 4) is 0 Å². The lowest BCUT2D eigenvalue weighted by atomic mass is 9.90. The SMILES string of the molecule is Cl.O=C(c1ccc2cc(Br)ccc2c1)C1CCCNC1. The van der Waals surface area contributed by atoms with Gasteiger partial charge < -0.3 is 5.32 Å². The van der Waals surface area contributed by atoms with Gasteiger partial charge in [0, 0.05) is 22.5 Å². The van der Waals surface area contributed by atoms with Crippen LogP contribution in [0.1, 0.15) is 23.2 Å². The Hall–Kier alpha value is -0.900. The lowest BCUT2D eigenvalue weighted by Crippen LogP contribution is -2.34. The summed E-state index contributed by atoms with van der Waals surface area (Å²) in [6.07, 6.45) is 2.10. The highest BCUT2D eigenvalue weighted by atomic mass is 79.9. The predicted molar refractivity (Wildman–Crippen MR) is 88.8 cm³/mol. The molecule has 2 nitrogen and oxygen atoms in total. The number of halogens is 2. The zero-order valence-corrected chi connectivity index (χ0v) is 13.5. The van der Waals surface area contributed by atoms with E-state index in [9.17, 15) is 4.79 Å². The normalized spacial score (nSPS) is 18.6. The summed E-state index contributed by atoms with van der Waals surface area (Å²) in [6.45, 7) is 1.85. The van der Waals surface area contributed by atoms with Crippen molar-refractivity contribution in [2.24, 2.45) is 5.92 Å². The molecule has 1 heterocycles. The third-order valence-electron chi connectivity index (χ3n) is 3.75. The van der Waals surface area contributed by atoms with E-state index in [2.05, 4.69) is 33.4 Å². The highest BCUT2D eigenvalue weighted by Gasteiger charge is 2.22. The fourth-order valence-electron chi connectivity index (χ4n) is 2.68. The quantitative estimate of drug-likeness (QED) is 0.819. The summed E-state index contributed by atoms with van der Waals surface area (Å²) in [4.78, 5) is 12.5. The summed E-state index contributed by atoms with van der Waals surface area (Å²) in [7, 11) is 0. The number of carbonyl (C=O) groups excluding carboxylic acids is 1. The van der Waals surface area contributed by atoms with E-state index >= 15 is 0 Å². The molecule has 106 valence electrons. The van der Waals surface area contributed by atoms with Crippen molar-refractivity contribution in [2.45, 2.75) is 12.8 Å². The second kappa shape index (κ2) is 6.70. The van der Waals surface area contributed by atoms with Crippen molar-refractivity contribution in [3.05, 3.63) is 46.4 Å². The van der Waals surface area contributed by atoms with E-state index in [1.165, 1.54) is 0 Å². The van der Waals surface area contributed by atoms with Gasteiger partial charge in [-0.05, 0) is 48.4 Å². The van der Waals surface area contributed by atoms with Crippen LogP contribution in [0.25, 0.3) is 10.8 Å². The topological polar surface area (TPSA) is 29.1 Å². The van der Waals surface area contributed by atoms with Crippen LogP contribution < -0.4 is 5.32 Å². The Morgan fingerprint density at radius 3 is 2.65 bits per heavy atom. The first kappa shape index (κ1) is 15.5. The van der Waals surface area contributed by atoms with Crippen LogP contribution in [0.15, 0.2) is 40.9 Å². The van der Waals surface area contributed by atoms with Crippen molar-refractivity contribution >= 4 is 44.9 Å². The van der Waals surface area contributed by atoms with E-state index in [-0.39, 0.29) is 24.1 Å².